The zero-order valence-electron chi connectivity index (χ0n) is 11.5. The van der Waals surface area contributed by atoms with E-state index in [2.05, 4.69) is 15.9 Å². The Balaban J connectivity index is 1.81. The number of benzene rings is 2. The molecule has 2 aromatic rings. The van der Waals surface area contributed by atoms with Gasteiger partial charge in [-0.15, -0.1) is 0 Å². The molecule has 3 nitrogen and oxygen atoms in total. The molecule has 2 unspecified atom stereocenters. The number of ether oxygens (including phenoxy) is 1. The first-order valence-corrected chi connectivity index (χ1v) is 7.79. The van der Waals surface area contributed by atoms with E-state index in [1.807, 2.05) is 42.5 Å². The second-order valence-corrected chi connectivity index (χ2v) is 6.19. The normalized spacial score (nSPS) is 16.1. The van der Waals surface area contributed by atoms with Crippen molar-refractivity contribution >= 4 is 15.9 Å². The molecular weight excluding hydrogens is 332 g/mol. The maximum Gasteiger partial charge on any atom is 0.125 e. The van der Waals surface area contributed by atoms with Gasteiger partial charge in [-0.2, -0.15) is 0 Å². The van der Waals surface area contributed by atoms with Crippen molar-refractivity contribution in [3.05, 3.63) is 63.6 Å². The van der Waals surface area contributed by atoms with Crippen molar-refractivity contribution in [2.45, 2.75) is 25.0 Å². The first kappa shape index (κ1) is 14.6. The van der Waals surface area contributed by atoms with Crippen LogP contribution < -0.4 is 4.74 Å². The number of rotatable bonds is 4. The maximum absolute atomic E-state index is 10.3. The van der Waals surface area contributed by atoms with E-state index in [-0.39, 0.29) is 0 Å². The lowest BCUT2D eigenvalue weighted by molar-refractivity contribution is 0.0186. The Hall–Kier alpha value is -1.36. The lowest BCUT2D eigenvalue weighted by Crippen LogP contribution is -2.21. The van der Waals surface area contributed by atoms with Crippen LogP contribution in [-0.2, 0) is 12.8 Å². The SMILES string of the molecule is OC(Cc1cc(Br)cc2c1OCC2)C(O)c1ccccc1. The Kier molecular flexibility index (Phi) is 4.29. The molecule has 4 heteroatoms. The van der Waals surface area contributed by atoms with Crippen LogP contribution in [0.25, 0.3) is 0 Å². The van der Waals surface area contributed by atoms with Crippen molar-refractivity contribution in [1.29, 1.82) is 0 Å². The summed E-state index contributed by atoms with van der Waals surface area (Å²) in [5, 5.41) is 20.6. The summed E-state index contributed by atoms with van der Waals surface area (Å²) in [5.74, 6) is 0.859. The third-order valence-corrected chi connectivity index (χ3v) is 4.22. The first-order valence-electron chi connectivity index (χ1n) is 7.00. The van der Waals surface area contributed by atoms with Gasteiger partial charge in [-0.1, -0.05) is 46.3 Å². The van der Waals surface area contributed by atoms with Crippen LogP contribution in [-0.4, -0.2) is 22.9 Å². The molecule has 2 atom stereocenters. The Bertz CT molecular complexity index is 627. The molecule has 1 aliphatic rings. The smallest absolute Gasteiger partial charge is 0.125 e. The van der Waals surface area contributed by atoms with E-state index in [0.717, 1.165) is 33.3 Å². The highest BCUT2D eigenvalue weighted by atomic mass is 79.9. The van der Waals surface area contributed by atoms with Crippen molar-refractivity contribution in [3.63, 3.8) is 0 Å². The van der Waals surface area contributed by atoms with Crippen molar-refractivity contribution in [1.82, 2.24) is 0 Å². The van der Waals surface area contributed by atoms with Crippen LogP contribution in [0.3, 0.4) is 0 Å². The van der Waals surface area contributed by atoms with Crippen molar-refractivity contribution < 1.29 is 14.9 Å². The molecule has 2 N–H and O–H groups in total. The summed E-state index contributed by atoms with van der Waals surface area (Å²) in [6.45, 7) is 0.677. The average Bonchev–Trinajstić information content (AvgIpc) is 2.95. The van der Waals surface area contributed by atoms with Crippen LogP contribution in [0.2, 0.25) is 0 Å². The second-order valence-electron chi connectivity index (χ2n) is 5.28. The zero-order chi connectivity index (χ0) is 14.8. The molecule has 0 aliphatic carbocycles. The summed E-state index contributed by atoms with van der Waals surface area (Å²) in [6, 6.07) is 13.2. The van der Waals surface area contributed by atoms with Gasteiger partial charge in [0.25, 0.3) is 0 Å². The molecule has 0 saturated carbocycles. The van der Waals surface area contributed by atoms with Gasteiger partial charge in [-0.05, 0) is 28.8 Å². The molecule has 3 rings (SSSR count). The fourth-order valence-corrected chi connectivity index (χ4v) is 3.26. The van der Waals surface area contributed by atoms with Gasteiger partial charge < -0.3 is 14.9 Å². The van der Waals surface area contributed by atoms with Gasteiger partial charge in [-0.25, -0.2) is 0 Å². The Morgan fingerprint density at radius 2 is 1.90 bits per heavy atom. The van der Waals surface area contributed by atoms with Crippen molar-refractivity contribution in [2.24, 2.45) is 0 Å². The summed E-state index contributed by atoms with van der Waals surface area (Å²) < 4.78 is 6.63. The lowest BCUT2D eigenvalue weighted by Gasteiger charge is -2.19. The van der Waals surface area contributed by atoms with Crippen LogP contribution in [0.5, 0.6) is 5.75 Å². The highest BCUT2D eigenvalue weighted by Crippen LogP contribution is 2.34. The number of hydrogen-bond donors (Lipinski definition) is 2. The molecule has 0 amide bonds. The molecule has 1 aliphatic heterocycles. The standard InChI is InChI=1S/C17H17BrO3/c18-14-8-12-6-7-21-17(12)13(9-14)10-15(19)16(20)11-4-2-1-3-5-11/h1-5,8-9,15-16,19-20H,6-7,10H2. The minimum Gasteiger partial charge on any atom is -0.493 e. The van der Waals surface area contributed by atoms with Gasteiger partial charge in [-0.3, -0.25) is 0 Å². The zero-order valence-corrected chi connectivity index (χ0v) is 13.1. The number of fused-ring (bicyclic) bond motifs is 1. The highest BCUT2D eigenvalue weighted by Gasteiger charge is 2.23. The minimum absolute atomic E-state index is 0.359. The first-order chi connectivity index (χ1) is 10.1. The summed E-state index contributed by atoms with van der Waals surface area (Å²) in [5.41, 5.74) is 2.80. The van der Waals surface area contributed by atoms with E-state index in [9.17, 15) is 10.2 Å². The van der Waals surface area contributed by atoms with E-state index in [0.29, 0.717) is 13.0 Å². The van der Waals surface area contributed by atoms with Crippen LogP contribution in [0.1, 0.15) is 22.8 Å². The summed E-state index contributed by atoms with van der Waals surface area (Å²) in [7, 11) is 0. The number of hydrogen-bond acceptors (Lipinski definition) is 3. The fourth-order valence-electron chi connectivity index (χ4n) is 2.71. The quantitative estimate of drug-likeness (QED) is 0.892. The van der Waals surface area contributed by atoms with Gasteiger partial charge in [0.15, 0.2) is 0 Å². The molecule has 1 heterocycles. The number of aliphatic hydroxyl groups is 2. The largest absolute Gasteiger partial charge is 0.493 e. The van der Waals surface area contributed by atoms with Gasteiger partial charge in [0, 0.05) is 17.3 Å². The molecule has 21 heavy (non-hydrogen) atoms. The molecule has 2 aromatic carbocycles. The van der Waals surface area contributed by atoms with E-state index < -0.39 is 12.2 Å². The molecular formula is C17H17BrO3. The topological polar surface area (TPSA) is 49.7 Å². The van der Waals surface area contributed by atoms with E-state index in [4.69, 9.17) is 4.74 Å². The third-order valence-electron chi connectivity index (χ3n) is 3.76. The van der Waals surface area contributed by atoms with Crippen LogP contribution in [0.4, 0.5) is 0 Å². The van der Waals surface area contributed by atoms with Gasteiger partial charge in [0.05, 0.1) is 12.7 Å². The van der Waals surface area contributed by atoms with E-state index >= 15 is 0 Å². The van der Waals surface area contributed by atoms with Gasteiger partial charge in [0.2, 0.25) is 0 Å². The van der Waals surface area contributed by atoms with Crippen LogP contribution in [0, 0.1) is 0 Å². The molecule has 110 valence electrons. The van der Waals surface area contributed by atoms with Crippen molar-refractivity contribution in [2.75, 3.05) is 6.61 Å². The van der Waals surface area contributed by atoms with Gasteiger partial charge in [0.1, 0.15) is 11.9 Å². The second kappa shape index (κ2) is 6.18. The van der Waals surface area contributed by atoms with E-state index in [1.54, 1.807) is 0 Å². The lowest BCUT2D eigenvalue weighted by atomic mass is 9.97. The van der Waals surface area contributed by atoms with Crippen LogP contribution in [0.15, 0.2) is 46.9 Å². The predicted octanol–water partition coefficient (Wildman–Crippen LogP) is 3.02. The molecule has 0 fully saturated rings. The fraction of sp³-hybridized carbons (Fsp3) is 0.294. The summed E-state index contributed by atoms with van der Waals surface area (Å²) in [4.78, 5) is 0. The molecule has 0 radical (unpaired) electrons. The van der Waals surface area contributed by atoms with Gasteiger partial charge >= 0.3 is 0 Å². The monoisotopic (exact) mass is 348 g/mol. The molecule has 0 bridgehead atoms. The molecule has 0 aromatic heterocycles. The highest BCUT2D eigenvalue weighted by molar-refractivity contribution is 9.10. The molecule has 0 spiro atoms. The molecule has 0 saturated heterocycles. The van der Waals surface area contributed by atoms with Crippen molar-refractivity contribution in [3.8, 4) is 5.75 Å². The Labute approximate surface area is 132 Å². The summed E-state index contributed by atoms with van der Waals surface area (Å²) in [6.07, 6.45) is -0.519. The Morgan fingerprint density at radius 3 is 2.67 bits per heavy atom. The average molecular weight is 349 g/mol. The Morgan fingerprint density at radius 1 is 1.14 bits per heavy atom. The number of aliphatic hydroxyl groups excluding tert-OH is 2. The van der Waals surface area contributed by atoms with Crippen LogP contribution >= 0.6 is 15.9 Å². The number of halogens is 1. The van der Waals surface area contributed by atoms with E-state index in [1.165, 1.54) is 0 Å². The predicted molar refractivity (Wildman–Crippen MR) is 84.5 cm³/mol. The summed E-state index contributed by atoms with van der Waals surface area (Å²) >= 11 is 3.49. The maximum atomic E-state index is 10.3. The third kappa shape index (κ3) is 3.12. The minimum atomic E-state index is -0.901.